The van der Waals surface area contributed by atoms with Crippen molar-refractivity contribution in [1.29, 1.82) is 0 Å². The first-order chi connectivity index (χ1) is 37.0. The number of allylic oxidation sites excluding steroid dienone is 10. The molecule has 0 heterocycles. The predicted octanol–water partition coefficient (Wildman–Crippen LogP) is 22.3. The number of esters is 3. The van der Waals surface area contributed by atoms with Crippen molar-refractivity contribution in [3.63, 3.8) is 0 Å². The predicted molar refractivity (Wildman–Crippen MR) is 325 cm³/mol. The van der Waals surface area contributed by atoms with E-state index < -0.39 is 6.10 Å². The molecule has 0 aromatic heterocycles. The standard InChI is InChI=1S/C69H124O6/c1-4-7-10-13-16-19-22-25-28-31-34-35-36-39-41-44-47-50-53-56-59-62-68(71)74-65-66(75-69(72)63-60-57-54-51-48-45-42-38-33-30-27-24-21-18-15-12-9-6-3)64-73-67(70)61-58-55-52-49-46-43-40-37-32-29-26-23-20-17-14-11-8-5-2/h21-22,24-25,30-31,33-34,36,39,66H,4-20,23,26-29,32,35,37-38,40-65H2,1-3H3/b24-21-,25-22-,33-30-,34-31-,39-36-. The Kier molecular flexibility index (Phi) is 61.2. The molecule has 0 aliphatic heterocycles. The van der Waals surface area contributed by atoms with E-state index in [0.717, 1.165) is 89.9 Å². The van der Waals surface area contributed by atoms with Gasteiger partial charge in [0.05, 0.1) is 0 Å². The first kappa shape index (κ1) is 72.1. The van der Waals surface area contributed by atoms with Gasteiger partial charge in [0.25, 0.3) is 0 Å². The van der Waals surface area contributed by atoms with Gasteiger partial charge in [0, 0.05) is 19.3 Å². The molecule has 1 unspecified atom stereocenters. The Morgan fingerprint density at radius 1 is 0.267 bits per heavy atom. The molecule has 0 spiro atoms. The maximum Gasteiger partial charge on any atom is 0.306 e. The summed E-state index contributed by atoms with van der Waals surface area (Å²) in [6.07, 6.45) is 80.7. The van der Waals surface area contributed by atoms with Gasteiger partial charge in [0.2, 0.25) is 0 Å². The van der Waals surface area contributed by atoms with Crippen molar-refractivity contribution >= 4 is 17.9 Å². The smallest absolute Gasteiger partial charge is 0.306 e. The highest BCUT2D eigenvalue weighted by molar-refractivity contribution is 5.71. The fraction of sp³-hybridized carbons (Fsp3) is 0.812. The van der Waals surface area contributed by atoms with Crippen molar-refractivity contribution in [2.45, 2.75) is 348 Å². The van der Waals surface area contributed by atoms with Crippen LogP contribution in [0.25, 0.3) is 0 Å². The van der Waals surface area contributed by atoms with Crippen molar-refractivity contribution < 1.29 is 28.6 Å². The summed E-state index contributed by atoms with van der Waals surface area (Å²) in [6.45, 7) is 6.65. The van der Waals surface area contributed by atoms with Crippen molar-refractivity contribution in [1.82, 2.24) is 0 Å². The van der Waals surface area contributed by atoms with Crippen LogP contribution in [-0.2, 0) is 28.6 Å². The van der Waals surface area contributed by atoms with Gasteiger partial charge in [-0.1, -0.05) is 293 Å². The van der Waals surface area contributed by atoms with Gasteiger partial charge in [-0.3, -0.25) is 14.4 Å². The van der Waals surface area contributed by atoms with E-state index in [1.54, 1.807) is 0 Å². The van der Waals surface area contributed by atoms with Crippen molar-refractivity contribution in [3.8, 4) is 0 Å². The minimum atomic E-state index is -0.784. The van der Waals surface area contributed by atoms with Crippen LogP contribution in [0.5, 0.6) is 0 Å². The van der Waals surface area contributed by atoms with Gasteiger partial charge in [-0.15, -0.1) is 0 Å². The largest absolute Gasteiger partial charge is 0.462 e. The van der Waals surface area contributed by atoms with Crippen molar-refractivity contribution in [3.05, 3.63) is 60.8 Å². The Balaban J connectivity index is 4.39. The lowest BCUT2D eigenvalue weighted by Crippen LogP contribution is -2.30. The van der Waals surface area contributed by atoms with E-state index in [4.69, 9.17) is 14.2 Å². The molecule has 75 heavy (non-hydrogen) atoms. The van der Waals surface area contributed by atoms with Crippen molar-refractivity contribution in [2.24, 2.45) is 0 Å². The molecule has 436 valence electrons. The SMILES string of the molecule is CCCCCC/C=C\C/C=C\CCCCCCCCCC(=O)OC(COC(=O)CCCCCCCC/C=C\C/C=C\C/C=C\CCCCCCC)COC(=O)CCCCCCCCCCCCCCCCCCCC. The van der Waals surface area contributed by atoms with Crippen LogP contribution in [0, 0.1) is 0 Å². The van der Waals surface area contributed by atoms with E-state index >= 15 is 0 Å². The summed E-state index contributed by atoms with van der Waals surface area (Å²) in [4.78, 5) is 38.4. The van der Waals surface area contributed by atoms with Crippen LogP contribution < -0.4 is 0 Å². The average molecular weight is 1050 g/mol. The van der Waals surface area contributed by atoms with Crippen LogP contribution in [-0.4, -0.2) is 37.2 Å². The molecule has 0 amide bonds. The molecule has 0 rings (SSSR count). The van der Waals surface area contributed by atoms with E-state index in [2.05, 4.69) is 81.5 Å². The maximum absolute atomic E-state index is 12.9. The quantitative estimate of drug-likeness (QED) is 0.0261. The lowest BCUT2D eigenvalue weighted by atomic mass is 10.0. The molecule has 0 aromatic rings. The number of hydrogen-bond donors (Lipinski definition) is 0. The highest BCUT2D eigenvalue weighted by atomic mass is 16.6. The summed E-state index contributed by atoms with van der Waals surface area (Å²) in [6, 6.07) is 0. The third-order valence-electron chi connectivity index (χ3n) is 14.5. The lowest BCUT2D eigenvalue weighted by molar-refractivity contribution is -0.167. The molecule has 0 bridgehead atoms. The van der Waals surface area contributed by atoms with E-state index in [9.17, 15) is 14.4 Å². The summed E-state index contributed by atoms with van der Waals surface area (Å²) in [5.74, 6) is -0.880. The Morgan fingerprint density at radius 2 is 0.480 bits per heavy atom. The van der Waals surface area contributed by atoms with Crippen LogP contribution in [0.4, 0.5) is 0 Å². The Hall–Kier alpha value is -2.89. The summed E-state index contributed by atoms with van der Waals surface area (Å²) < 4.78 is 17.0. The van der Waals surface area contributed by atoms with E-state index in [0.29, 0.717) is 19.3 Å². The van der Waals surface area contributed by atoms with Gasteiger partial charge >= 0.3 is 17.9 Å². The molecule has 0 N–H and O–H groups in total. The van der Waals surface area contributed by atoms with Crippen LogP contribution in [0.1, 0.15) is 342 Å². The minimum absolute atomic E-state index is 0.0786. The van der Waals surface area contributed by atoms with Gasteiger partial charge in [0.1, 0.15) is 13.2 Å². The Morgan fingerprint density at radius 3 is 0.760 bits per heavy atom. The van der Waals surface area contributed by atoms with Crippen LogP contribution in [0.2, 0.25) is 0 Å². The molecule has 0 aliphatic carbocycles. The van der Waals surface area contributed by atoms with E-state index in [1.807, 2.05) is 0 Å². The summed E-state index contributed by atoms with van der Waals surface area (Å²) in [5.41, 5.74) is 0. The maximum atomic E-state index is 12.9. The minimum Gasteiger partial charge on any atom is -0.462 e. The third-order valence-corrected chi connectivity index (χ3v) is 14.5. The van der Waals surface area contributed by atoms with Gasteiger partial charge in [-0.25, -0.2) is 0 Å². The number of unbranched alkanes of at least 4 members (excludes halogenated alkanes) is 39. The second-order valence-electron chi connectivity index (χ2n) is 22.0. The molecule has 0 radical (unpaired) electrons. The molecule has 0 aromatic carbocycles. The number of hydrogen-bond acceptors (Lipinski definition) is 6. The highest BCUT2D eigenvalue weighted by Gasteiger charge is 2.19. The molecule has 6 heteroatoms. The van der Waals surface area contributed by atoms with Gasteiger partial charge in [-0.05, 0) is 89.9 Å². The molecule has 0 fully saturated rings. The monoisotopic (exact) mass is 1050 g/mol. The normalized spacial score (nSPS) is 12.4. The number of ether oxygens (including phenoxy) is 3. The third kappa shape index (κ3) is 61.8. The van der Waals surface area contributed by atoms with Gasteiger partial charge < -0.3 is 14.2 Å². The number of carbonyl (C=O) groups excluding carboxylic acids is 3. The molecular formula is C69H124O6. The lowest BCUT2D eigenvalue weighted by Gasteiger charge is -2.18. The zero-order valence-electron chi connectivity index (χ0n) is 50.1. The van der Waals surface area contributed by atoms with Crippen LogP contribution in [0.3, 0.4) is 0 Å². The fourth-order valence-corrected chi connectivity index (χ4v) is 9.54. The van der Waals surface area contributed by atoms with Gasteiger partial charge in [-0.2, -0.15) is 0 Å². The first-order valence-corrected chi connectivity index (χ1v) is 32.8. The summed E-state index contributed by atoms with van der Waals surface area (Å²) in [7, 11) is 0. The average Bonchev–Trinajstić information content (AvgIpc) is 3.41. The second kappa shape index (κ2) is 63.6. The fourth-order valence-electron chi connectivity index (χ4n) is 9.54. The van der Waals surface area contributed by atoms with E-state index in [1.165, 1.54) is 212 Å². The van der Waals surface area contributed by atoms with Gasteiger partial charge in [0.15, 0.2) is 6.10 Å². The Bertz CT molecular complexity index is 1340. The summed E-state index contributed by atoms with van der Waals surface area (Å²) >= 11 is 0. The topological polar surface area (TPSA) is 78.9 Å². The zero-order valence-corrected chi connectivity index (χ0v) is 50.1. The molecule has 0 saturated carbocycles. The van der Waals surface area contributed by atoms with E-state index in [-0.39, 0.29) is 31.1 Å². The second-order valence-corrected chi connectivity index (χ2v) is 22.0. The van der Waals surface area contributed by atoms with Crippen LogP contribution in [0.15, 0.2) is 60.8 Å². The molecule has 0 aliphatic rings. The first-order valence-electron chi connectivity index (χ1n) is 32.8. The zero-order chi connectivity index (χ0) is 54.3. The number of rotatable bonds is 60. The number of carbonyl (C=O) groups is 3. The Labute approximate surface area is 466 Å². The summed E-state index contributed by atoms with van der Waals surface area (Å²) in [5, 5.41) is 0. The molecular weight excluding hydrogens is 925 g/mol. The highest BCUT2D eigenvalue weighted by Crippen LogP contribution is 2.17. The molecule has 0 saturated heterocycles. The molecule has 1 atom stereocenters. The molecule has 6 nitrogen and oxygen atoms in total. The van der Waals surface area contributed by atoms with Crippen molar-refractivity contribution in [2.75, 3.05) is 13.2 Å². The van der Waals surface area contributed by atoms with Crippen LogP contribution >= 0.6 is 0 Å².